The first-order valence-corrected chi connectivity index (χ1v) is 6.20. The third-order valence-electron chi connectivity index (χ3n) is 3.22. The fourth-order valence-electron chi connectivity index (χ4n) is 2.25. The first-order valence-electron chi connectivity index (χ1n) is 6.20. The van der Waals surface area contributed by atoms with Crippen molar-refractivity contribution in [3.05, 3.63) is 53.6 Å². The lowest BCUT2D eigenvalue weighted by Gasteiger charge is -2.08. The Kier molecular flexibility index (Phi) is 2.83. The molecule has 0 spiro atoms. The molecule has 0 saturated heterocycles. The zero-order valence-electron chi connectivity index (χ0n) is 10.3. The van der Waals surface area contributed by atoms with E-state index >= 15 is 0 Å². The van der Waals surface area contributed by atoms with Crippen molar-refractivity contribution < 1.29 is 9.90 Å². The Morgan fingerprint density at radius 1 is 1.21 bits per heavy atom. The lowest BCUT2D eigenvalue weighted by atomic mass is 10.1. The lowest BCUT2D eigenvalue weighted by Crippen LogP contribution is -2.12. The minimum Gasteiger partial charge on any atom is -0.507 e. The van der Waals surface area contributed by atoms with E-state index in [0.717, 1.165) is 24.3 Å². The number of aromatic hydroxyl groups is 1. The van der Waals surface area contributed by atoms with Crippen LogP contribution in [0, 0.1) is 0 Å². The molecule has 2 aromatic rings. The summed E-state index contributed by atoms with van der Waals surface area (Å²) in [7, 11) is 0. The molecule has 0 bridgehead atoms. The van der Waals surface area contributed by atoms with Crippen molar-refractivity contribution in [3.8, 4) is 5.75 Å². The molecule has 4 heteroatoms. The number of phenols is 1. The van der Waals surface area contributed by atoms with Gasteiger partial charge >= 0.3 is 0 Å². The standard InChI is InChI=1S/C15H14N2O2/c18-14-4-2-1-3-12(14)15(19)17-11-5-6-13-10(9-11)7-8-16-13/h1-6,9,16,18H,7-8H2,(H,17,19). The molecule has 19 heavy (non-hydrogen) atoms. The summed E-state index contributed by atoms with van der Waals surface area (Å²) in [5.41, 5.74) is 3.35. The van der Waals surface area contributed by atoms with Crippen LogP contribution in [0.3, 0.4) is 0 Å². The van der Waals surface area contributed by atoms with E-state index in [-0.39, 0.29) is 17.2 Å². The number of hydrogen-bond acceptors (Lipinski definition) is 3. The van der Waals surface area contributed by atoms with Gasteiger partial charge in [-0.2, -0.15) is 0 Å². The predicted molar refractivity (Wildman–Crippen MR) is 74.7 cm³/mol. The number of carbonyl (C=O) groups is 1. The van der Waals surface area contributed by atoms with E-state index in [2.05, 4.69) is 10.6 Å². The molecule has 0 atom stereocenters. The van der Waals surface area contributed by atoms with Crippen LogP contribution in [0.5, 0.6) is 5.75 Å². The maximum absolute atomic E-state index is 12.0. The first-order chi connectivity index (χ1) is 9.24. The van der Waals surface area contributed by atoms with Gasteiger partial charge in [-0.15, -0.1) is 0 Å². The van der Waals surface area contributed by atoms with E-state index in [1.54, 1.807) is 18.2 Å². The van der Waals surface area contributed by atoms with Gasteiger partial charge in [-0.05, 0) is 42.3 Å². The number of para-hydroxylation sites is 1. The minimum atomic E-state index is -0.302. The van der Waals surface area contributed by atoms with Crippen molar-refractivity contribution in [2.75, 3.05) is 17.2 Å². The third kappa shape index (κ3) is 2.25. The van der Waals surface area contributed by atoms with Gasteiger partial charge in [0.25, 0.3) is 5.91 Å². The van der Waals surface area contributed by atoms with Crippen LogP contribution >= 0.6 is 0 Å². The summed E-state index contributed by atoms with van der Waals surface area (Å²) in [4.78, 5) is 12.0. The largest absolute Gasteiger partial charge is 0.507 e. The summed E-state index contributed by atoms with van der Waals surface area (Å²) in [5.74, 6) is -0.313. The maximum Gasteiger partial charge on any atom is 0.259 e. The second-order valence-corrected chi connectivity index (χ2v) is 4.52. The summed E-state index contributed by atoms with van der Waals surface area (Å²) in [6.45, 7) is 0.937. The van der Waals surface area contributed by atoms with E-state index in [9.17, 15) is 9.90 Å². The number of phenolic OH excluding ortho intramolecular Hbond substituents is 1. The molecule has 0 aliphatic carbocycles. The summed E-state index contributed by atoms with van der Waals surface area (Å²) < 4.78 is 0. The minimum absolute atomic E-state index is 0.0113. The van der Waals surface area contributed by atoms with Crippen LogP contribution in [0.1, 0.15) is 15.9 Å². The fourth-order valence-corrected chi connectivity index (χ4v) is 2.25. The van der Waals surface area contributed by atoms with Gasteiger partial charge in [0.15, 0.2) is 0 Å². The van der Waals surface area contributed by atoms with Crippen LogP contribution in [0.2, 0.25) is 0 Å². The Hall–Kier alpha value is -2.49. The molecule has 2 aromatic carbocycles. The van der Waals surface area contributed by atoms with Crippen molar-refractivity contribution in [1.82, 2.24) is 0 Å². The van der Waals surface area contributed by atoms with E-state index < -0.39 is 0 Å². The monoisotopic (exact) mass is 254 g/mol. The van der Waals surface area contributed by atoms with Gasteiger partial charge in [-0.3, -0.25) is 4.79 Å². The zero-order chi connectivity index (χ0) is 13.2. The molecular formula is C15H14N2O2. The number of nitrogens with one attached hydrogen (secondary N) is 2. The smallest absolute Gasteiger partial charge is 0.259 e. The van der Waals surface area contributed by atoms with Crippen LogP contribution in [-0.2, 0) is 6.42 Å². The molecule has 1 aliphatic heterocycles. The molecule has 0 fully saturated rings. The molecule has 96 valence electrons. The number of anilines is 2. The molecule has 0 aromatic heterocycles. The second-order valence-electron chi connectivity index (χ2n) is 4.52. The molecule has 0 radical (unpaired) electrons. The van der Waals surface area contributed by atoms with Gasteiger partial charge in [0.2, 0.25) is 0 Å². The molecular weight excluding hydrogens is 240 g/mol. The molecule has 3 rings (SSSR count). The molecule has 3 N–H and O–H groups in total. The highest BCUT2D eigenvalue weighted by Gasteiger charge is 2.13. The summed E-state index contributed by atoms with van der Waals surface area (Å²) in [6, 6.07) is 12.3. The van der Waals surface area contributed by atoms with Gasteiger partial charge in [0.1, 0.15) is 5.75 Å². The highest BCUT2D eigenvalue weighted by molar-refractivity contribution is 6.06. The van der Waals surface area contributed by atoms with Crippen molar-refractivity contribution >= 4 is 17.3 Å². The number of benzene rings is 2. The van der Waals surface area contributed by atoms with E-state index in [4.69, 9.17) is 0 Å². The lowest BCUT2D eigenvalue weighted by molar-refractivity contribution is 0.102. The van der Waals surface area contributed by atoms with Crippen LogP contribution in [0.4, 0.5) is 11.4 Å². The van der Waals surface area contributed by atoms with Crippen molar-refractivity contribution in [3.63, 3.8) is 0 Å². The van der Waals surface area contributed by atoms with E-state index in [0.29, 0.717) is 0 Å². The zero-order valence-corrected chi connectivity index (χ0v) is 10.3. The van der Waals surface area contributed by atoms with Gasteiger partial charge in [-0.1, -0.05) is 12.1 Å². The van der Waals surface area contributed by atoms with Gasteiger partial charge in [0, 0.05) is 17.9 Å². The Balaban J connectivity index is 1.82. The highest BCUT2D eigenvalue weighted by atomic mass is 16.3. The number of rotatable bonds is 2. The fraction of sp³-hybridized carbons (Fsp3) is 0.133. The molecule has 1 aliphatic rings. The Labute approximate surface area is 111 Å². The highest BCUT2D eigenvalue weighted by Crippen LogP contribution is 2.26. The van der Waals surface area contributed by atoms with Crippen LogP contribution < -0.4 is 10.6 Å². The average Bonchev–Trinajstić information content (AvgIpc) is 2.86. The number of amides is 1. The maximum atomic E-state index is 12.0. The number of carbonyl (C=O) groups excluding carboxylic acids is 1. The predicted octanol–water partition coefficient (Wildman–Crippen LogP) is 2.61. The normalized spacial score (nSPS) is 12.6. The van der Waals surface area contributed by atoms with Crippen LogP contribution in [0.25, 0.3) is 0 Å². The van der Waals surface area contributed by atoms with Crippen molar-refractivity contribution in [1.29, 1.82) is 0 Å². The Morgan fingerprint density at radius 2 is 2.05 bits per heavy atom. The number of hydrogen-bond donors (Lipinski definition) is 3. The molecule has 4 nitrogen and oxygen atoms in total. The topological polar surface area (TPSA) is 61.4 Å². The third-order valence-corrected chi connectivity index (χ3v) is 3.22. The number of fused-ring (bicyclic) bond motifs is 1. The van der Waals surface area contributed by atoms with Crippen LogP contribution in [0.15, 0.2) is 42.5 Å². The Bertz CT molecular complexity index is 638. The van der Waals surface area contributed by atoms with Crippen LogP contribution in [-0.4, -0.2) is 17.6 Å². The average molecular weight is 254 g/mol. The summed E-state index contributed by atoms with van der Waals surface area (Å²) in [6.07, 6.45) is 0.968. The van der Waals surface area contributed by atoms with Crippen molar-refractivity contribution in [2.45, 2.75) is 6.42 Å². The van der Waals surface area contributed by atoms with Crippen molar-refractivity contribution in [2.24, 2.45) is 0 Å². The van der Waals surface area contributed by atoms with E-state index in [1.807, 2.05) is 18.2 Å². The molecule has 1 amide bonds. The second kappa shape index (κ2) is 4.65. The first kappa shape index (κ1) is 11.6. The van der Waals surface area contributed by atoms with E-state index in [1.165, 1.54) is 11.6 Å². The quantitative estimate of drug-likeness (QED) is 0.772. The van der Waals surface area contributed by atoms with Gasteiger partial charge in [-0.25, -0.2) is 0 Å². The van der Waals surface area contributed by atoms with Gasteiger partial charge in [0.05, 0.1) is 5.56 Å². The van der Waals surface area contributed by atoms with Gasteiger partial charge < -0.3 is 15.7 Å². The SMILES string of the molecule is O=C(Nc1ccc2c(c1)CCN2)c1ccccc1O. The molecule has 0 unspecified atom stereocenters. The molecule has 0 saturated carbocycles. The summed E-state index contributed by atoms with van der Waals surface area (Å²) >= 11 is 0. The Morgan fingerprint density at radius 3 is 2.89 bits per heavy atom. The molecule has 1 heterocycles. The summed E-state index contributed by atoms with van der Waals surface area (Å²) in [5, 5.41) is 15.7.